The van der Waals surface area contributed by atoms with Crippen LogP contribution in [0.3, 0.4) is 0 Å². The summed E-state index contributed by atoms with van der Waals surface area (Å²) in [5, 5.41) is 11.9. The van der Waals surface area contributed by atoms with Gasteiger partial charge in [-0.05, 0) is 48.5 Å². The number of anilines is 1. The predicted molar refractivity (Wildman–Crippen MR) is 115 cm³/mol. The zero-order valence-corrected chi connectivity index (χ0v) is 17.1. The fourth-order valence-corrected chi connectivity index (χ4v) is 3.56. The highest BCUT2D eigenvalue weighted by atomic mass is 32.2. The molecule has 0 radical (unpaired) electrons. The van der Waals surface area contributed by atoms with Gasteiger partial charge < -0.3 is 15.5 Å². The Morgan fingerprint density at radius 3 is 2.58 bits per heavy atom. The van der Waals surface area contributed by atoms with Crippen LogP contribution in [-0.2, 0) is 11.3 Å². The molecular weight excluding hydrogens is 416 g/mol. The fourth-order valence-electron chi connectivity index (χ4n) is 2.83. The van der Waals surface area contributed by atoms with Crippen molar-refractivity contribution in [3.8, 4) is 11.5 Å². The second-order valence-corrected chi connectivity index (χ2v) is 7.41. The Hall–Kier alpha value is -3.92. The van der Waals surface area contributed by atoms with Crippen LogP contribution in [0.1, 0.15) is 16.1 Å². The van der Waals surface area contributed by atoms with Gasteiger partial charge >= 0.3 is 0 Å². The SMILES string of the molecule is NC(=O)c1ccc(NC(=O)CSc2nnc(-c3ccccn3)n2Cc2ccco2)cc1. The number of rotatable bonds is 8. The van der Waals surface area contributed by atoms with Crippen molar-refractivity contribution in [2.45, 2.75) is 11.7 Å². The van der Waals surface area contributed by atoms with Crippen LogP contribution >= 0.6 is 11.8 Å². The minimum absolute atomic E-state index is 0.121. The van der Waals surface area contributed by atoms with Gasteiger partial charge in [-0.15, -0.1) is 10.2 Å². The van der Waals surface area contributed by atoms with Crippen LogP contribution in [-0.4, -0.2) is 37.3 Å². The Bertz CT molecular complexity index is 1170. The number of primary amides is 1. The van der Waals surface area contributed by atoms with E-state index in [1.807, 2.05) is 34.9 Å². The lowest BCUT2D eigenvalue weighted by molar-refractivity contribution is -0.113. The molecule has 31 heavy (non-hydrogen) atoms. The molecule has 0 saturated heterocycles. The number of nitrogens with zero attached hydrogens (tertiary/aromatic N) is 4. The number of furan rings is 1. The number of carbonyl (C=O) groups excluding carboxylic acids is 2. The molecule has 0 aliphatic heterocycles. The van der Waals surface area contributed by atoms with Crippen molar-refractivity contribution < 1.29 is 14.0 Å². The molecule has 4 rings (SSSR count). The van der Waals surface area contributed by atoms with Crippen molar-refractivity contribution in [3.05, 3.63) is 78.4 Å². The van der Waals surface area contributed by atoms with Crippen molar-refractivity contribution in [3.63, 3.8) is 0 Å². The maximum atomic E-state index is 12.4. The molecule has 0 unspecified atom stereocenters. The number of hydrogen-bond acceptors (Lipinski definition) is 7. The second-order valence-electron chi connectivity index (χ2n) is 6.47. The second kappa shape index (κ2) is 9.26. The zero-order valence-electron chi connectivity index (χ0n) is 16.3. The first-order valence-electron chi connectivity index (χ1n) is 9.29. The van der Waals surface area contributed by atoms with Gasteiger partial charge in [-0.3, -0.25) is 19.1 Å². The van der Waals surface area contributed by atoms with Crippen LogP contribution in [0.25, 0.3) is 11.5 Å². The quantitative estimate of drug-likeness (QED) is 0.408. The number of thioether (sulfide) groups is 1. The molecule has 10 heteroatoms. The van der Waals surface area contributed by atoms with Crippen LogP contribution in [0.5, 0.6) is 0 Å². The number of aromatic nitrogens is 4. The summed E-state index contributed by atoms with van der Waals surface area (Å²) in [6, 6.07) is 15.6. The molecule has 2 amide bonds. The topological polar surface area (TPSA) is 129 Å². The van der Waals surface area contributed by atoms with Gasteiger partial charge in [0.15, 0.2) is 11.0 Å². The molecule has 3 heterocycles. The van der Waals surface area contributed by atoms with Gasteiger partial charge in [-0.25, -0.2) is 0 Å². The Kier molecular flexibility index (Phi) is 6.08. The number of nitrogens with one attached hydrogen (secondary N) is 1. The van der Waals surface area contributed by atoms with Gasteiger partial charge in [0, 0.05) is 17.4 Å². The number of benzene rings is 1. The maximum Gasteiger partial charge on any atom is 0.248 e. The molecule has 0 spiro atoms. The van der Waals surface area contributed by atoms with Gasteiger partial charge in [0.05, 0.1) is 18.6 Å². The lowest BCUT2D eigenvalue weighted by Gasteiger charge is -2.09. The minimum atomic E-state index is -0.520. The van der Waals surface area contributed by atoms with Crippen molar-refractivity contribution in [1.29, 1.82) is 0 Å². The summed E-state index contributed by atoms with van der Waals surface area (Å²) in [4.78, 5) is 27.9. The highest BCUT2D eigenvalue weighted by Gasteiger charge is 2.17. The first kappa shape index (κ1) is 20.4. The van der Waals surface area contributed by atoms with Crippen LogP contribution in [0.2, 0.25) is 0 Å². The van der Waals surface area contributed by atoms with E-state index < -0.39 is 5.91 Å². The Balaban J connectivity index is 1.48. The van der Waals surface area contributed by atoms with Crippen molar-refractivity contribution in [2.75, 3.05) is 11.1 Å². The molecule has 4 aromatic rings. The molecule has 3 aromatic heterocycles. The van der Waals surface area contributed by atoms with Gasteiger partial charge in [0.25, 0.3) is 0 Å². The molecule has 3 N–H and O–H groups in total. The van der Waals surface area contributed by atoms with Crippen molar-refractivity contribution >= 4 is 29.3 Å². The average molecular weight is 434 g/mol. The summed E-state index contributed by atoms with van der Waals surface area (Å²) < 4.78 is 7.33. The molecule has 0 aliphatic carbocycles. The molecule has 0 saturated carbocycles. The molecule has 0 atom stereocenters. The van der Waals surface area contributed by atoms with E-state index in [1.165, 1.54) is 11.8 Å². The van der Waals surface area contributed by atoms with Crippen molar-refractivity contribution in [2.24, 2.45) is 5.73 Å². The number of pyridine rings is 1. The van der Waals surface area contributed by atoms with Gasteiger partial charge in [0.2, 0.25) is 11.8 Å². The fraction of sp³-hybridized carbons (Fsp3) is 0.0952. The molecule has 0 bridgehead atoms. The number of hydrogen-bond donors (Lipinski definition) is 2. The van der Waals surface area contributed by atoms with E-state index in [2.05, 4.69) is 20.5 Å². The molecular formula is C21H18N6O3S. The summed E-state index contributed by atoms with van der Waals surface area (Å²) in [6.07, 6.45) is 3.29. The van der Waals surface area contributed by atoms with E-state index in [1.54, 1.807) is 36.7 Å². The normalized spacial score (nSPS) is 10.7. The summed E-state index contributed by atoms with van der Waals surface area (Å²) in [6.45, 7) is 0.407. The van der Waals surface area contributed by atoms with Crippen LogP contribution < -0.4 is 11.1 Å². The van der Waals surface area contributed by atoms with Crippen molar-refractivity contribution in [1.82, 2.24) is 19.7 Å². The number of nitrogens with two attached hydrogens (primary N) is 1. The summed E-state index contributed by atoms with van der Waals surface area (Å²) in [7, 11) is 0. The highest BCUT2D eigenvalue weighted by molar-refractivity contribution is 7.99. The third-order valence-electron chi connectivity index (χ3n) is 4.29. The molecule has 9 nitrogen and oxygen atoms in total. The van der Waals surface area contributed by atoms with E-state index in [9.17, 15) is 9.59 Å². The summed E-state index contributed by atoms with van der Waals surface area (Å²) in [5.74, 6) is 0.701. The lowest BCUT2D eigenvalue weighted by Crippen LogP contribution is -2.15. The van der Waals surface area contributed by atoms with E-state index in [0.717, 1.165) is 5.76 Å². The van der Waals surface area contributed by atoms with E-state index in [4.69, 9.17) is 10.2 Å². The van der Waals surface area contributed by atoms with Crippen LogP contribution in [0.15, 0.2) is 76.6 Å². The van der Waals surface area contributed by atoms with E-state index in [-0.39, 0.29) is 11.7 Å². The molecule has 0 aliphatic rings. The number of carbonyl (C=O) groups is 2. The van der Waals surface area contributed by atoms with Gasteiger partial charge in [-0.2, -0.15) is 0 Å². The smallest absolute Gasteiger partial charge is 0.248 e. The Labute approximate surface area is 181 Å². The molecule has 0 fully saturated rings. The molecule has 1 aromatic carbocycles. The lowest BCUT2D eigenvalue weighted by atomic mass is 10.2. The Morgan fingerprint density at radius 1 is 1.06 bits per heavy atom. The number of amides is 2. The van der Waals surface area contributed by atoms with Crippen LogP contribution in [0.4, 0.5) is 5.69 Å². The Morgan fingerprint density at radius 2 is 1.90 bits per heavy atom. The average Bonchev–Trinajstić information content (AvgIpc) is 3.44. The first-order valence-corrected chi connectivity index (χ1v) is 10.3. The highest BCUT2D eigenvalue weighted by Crippen LogP contribution is 2.24. The van der Waals surface area contributed by atoms with E-state index in [0.29, 0.717) is 34.5 Å². The standard InChI is InChI=1S/C21H18N6O3S/c22-19(29)14-6-8-15(9-7-14)24-18(28)13-31-21-26-25-20(17-5-1-2-10-23-17)27(21)12-16-4-3-11-30-16/h1-11H,12-13H2,(H2,22,29)(H,24,28). The van der Waals surface area contributed by atoms with E-state index >= 15 is 0 Å². The van der Waals surface area contributed by atoms with Gasteiger partial charge in [-0.1, -0.05) is 17.8 Å². The summed E-state index contributed by atoms with van der Waals surface area (Å²) >= 11 is 1.25. The minimum Gasteiger partial charge on any atom is -0.467 e. The zero-order chi connectivity index (χ0) is 21.6. The third-order valence-corrected chi connectivity index (χ3v) is 5.26. The monoisotopic (exact) mass is 434 g/mol. The largest absolute Gasteiger partial charge is 0.467 e. The third kappa shape index (κ3) is 4.98. The summed E-state index contributed by atoms with van der Waals surface area (Å²) in [5.41, 5.74) is 6.85. The molecule has 156 valence electrons. The predicted octanol–water partition coefficient (Wildman–Crippen LogP) is 2.81. The van der Waals surface area contributed by atoms with Crippen LogP contribution in [0, 0.1) is 0 Å². The van der Waals surface area contributed by atoms with Gasteiger partial charge in [0.1, 0.15) is 11.5 Å². The first-order chi connectivity index (χ1) is 15.1. The maximum absolute atomic E-state index is 12.4.